The number of pyridine rings is 1. The Morgan fingerprint density at radius 1 is 1.11 bits per heavy atom. The molecule has 3 aromatic rings. The summed E-state index contributed by atoms with van der Waals surface area (Å²) in [5, 5.41) is 8.98. The Morgan fingerprint density at radius 2 is 2.00 bits per heavy atom. The quantitative estimate of drug-likeness (QED) is 0.743. The molecule has 0 aromatic carbocycles. The van der Waals surface area contributed by atoms with Gasteiger partial charge < -0.3 is 10.1 Å². The van der Waals surface area contributed by atoms with Crippen molar-refractivity contribution in [1.29, 1.82) is 0 Å². The summed E-state index contributed by atoms with van der Waals surface area (Å²) in [6.07, 6.45) is 9.25. The second-order valence-corrected chi connectivity index (χ2v) is 7.60. The Hall–Kier alpha value is -2.58. The van der Waals surface area contributed by atoms with Crippen LogP contribution in [0.15, 0.2) is 30.7 Å². The predicted octanol–water partition coefficient (Wildman–Crippen LogP) is 2.09. The number of anilines is 1. The minimum atomic E-state index is 0.207. The minimum Gasteiger partial charge on any atom is -0.378 e. The first-order valence-electron chi connectivity index (χ1n) is 9.98. The van der Waals surface area contributed by atoms with Crippen LogP contribution < -0.4 is 5.32 Å². The van der Waals surface area contributed by atoms with Gasteiger partial charge in [-0.1, -0.05) is 6.42 Å². The van der Waals surface area contributed by atoms with E-state index in [2.05, 4.69) is 20.3 Å². The first-order chi connectivity index (χ1) is 13.8. The van der Waals surface area contributed by atoms with E-state index in [9.17, 15) is 0 Å². The molecule has 0 aliphatic carbocycles. The highest BCUT2D eigenvalue weighted by Crippen LogP contribution is 2.27. The Balaban J connectivity index is 1.49. The number of hydrogen-bond acceptors (Lipinski definition) is 7. The third-order valence-electron chi connectivity index (χ3n) is 5.74. The molecule has 8 heteroatoms. The van der Waals surface area contributed by atoms with Gasteiger partial charge in [-0.05, 0) is 38.1 Å². The van der Waals surface area contributed by atoms with Gasteiger partial charge in [0.15, 0.2) is 11.5 Å². The number of ether oxygens (including phenoxy) is 1. The van der Waals surface area contributed by atoms with E-state index in [1.807, 2.05) is 25.4 Å². The minimum absolute atomic E-state index is 0.207. The molecule has 0 unspecified atom stereocenters. The number of rotatable bonds is 4. The summed E-state index contributed by atoms with van der Waals surface area (Å²) in [5.74, 6) is 1.47. The normalized spacial score (nSPS) is 23.3. The first kappa shape index (κ1) is 17.5. The molecule has 2 saturated heterocycles. The van der Waals surface area contributed by atoms with Crippen molar-refractivity contribution in [2.24, 2.45) is 7.05 Å². The van der Waals surface area contributed by atoms with Gasteiger partial charge in [-0.15, -0.1) is 0 Å². The smallest absolute Gasteiger partial charge is 0.165 e. The number of hydrogen-bond donors (Lipinski definition) is 1. The lowest BCUT2D eigenvalue weighted by Gasteiger charge is -2.34. The highest BCUT2D eigenvalue weighted by Gasteiger charge is 2.34. The van der Waals surface area contributed by atoms with Crippen molar-refractivity contribution in [2.45, 2.75) is 31.3 Å². The Kier molecular flexibility index (Phi) is 4.66. The molecule has 2 atom stereocenters. The topological polar surface area (TPSA) is 81.0 Å². The largest absolute Gasteiger partial charge is 0.378 e. The van der Waals surface area contributed by atoms with Crippen molar-refractivity contribution in [3.8, 4) is 11.4 Å². The standard InChI is InChI=1S/C20H25N7O/c1-26-20-15(11-22-26)19(24-18(25-20)14-6-5-7-21-10-14)23-16-12-28-13-17(16)27-8-3-2-4-9-27/h5-7,10-11,16-17H,2-4,8-9,12-13H2,1H3,(H,23,24,25)/t16-,17-/m1/s1. The maximum atomic E-state index is 5.85. The third kappa shape index (κ3) is 3.22. The summed E-state index contributed by atoms with van der Waals surface area (Å²) in [6, 6.07) is 4.46. The number of aromatic nitrogens is 5. The Morgan fingerprint density at radius 3 is 2.82 bits per heavy atom. The van der Waals surface area contributed by atoms with E-state index in [1.54, 1.807) is 17.1 Å². The van der Waals surface area contributed by atoms with Crippen molar-refractivity contribution in [3.05, 3.63) is 30.7 Å². The van der Waals surface area contributed by atoms with Gasteiger partial charge >= 0.3 is 0 Å². The molecule has 0 saturated carbocycles. The maximum Gasteiger partial charge on any atom is 0.165 e. The molecule has 28 heavy (non-hydrogen) atoms. The van der Waals surface area contributed by atoms with Crippen LogP contribution in [0.25, 0.3) is 22.4 Å². The van der Waals surface area contributed by atoms with Gasteiger partial charge in [-0.3, -0.25) is 14.6 Å². The third-order valence-corrected chi connectivity index (χ3v) is 5.74. The van der Waals surface area contributed by atoms with Gasteiger partial charge in [0, 0.05) is 25.0 Å². The van der Waals surface area contributed by atoms with Crippen molar-refractivity contribution < 1.29 is 4.74 Å². The summed E-state index contributed by atoms with van der Waals surface area (Å²) in [7, 11) is 1.90. The molecule has 5 heterocycles. The summed E-state index contributed by atoms with van der Waals surface area (Å²) in [4.78, 5) is 16.3. The molecule has 2 aliphatic heterocycles. The molecule has 3 aromatic heterocycles. The number of likely N-dealkylation sites (tertiary alicyclic amines) is 1. The number of nitrogens with zero attached hydrogens (tertiary/aromatic N) is 6. The SMILES string of the molecule is Cn1ncc2c(N[C@@H]3COC[C@H]3N3CCCCC3)nc(-c3cccnc3)nc21. The van der Waals surface area contributed by atoms with E-state index in [4.69, 9.17) is 14.7 Å². The van der Waals surface area contributed by atoms with Crippen LogP contribution in [-0.4, -0.2) is 68.0 Å². The van der Waals surface area contributed by atoms with Gasteiger partial charge in [-0.25, -0.2) is 9.97 Å². The molecular weight excluding hydrogens is 354 g/mol. The Labute approximate surface area is 163 Å². The second-order valence-electron chi connectivity index (χ2n) is 7.60. The zero-order valence-electron chi connectivity index (χ0n) is 16.1. The van der Waals surface area contributed by atoms with Crippen LogP contribution in [0.2, 0.25) is 0 Å². The second kappa shape index (κ2) is 7.44. The van der Waals surface area contributed by atoms with Crippen LogP contribution in [0.5, 0.6) is 0 Å². The molecule has 0 bridgehead atoms. The van der Waals surface area contributed by atoms with Gasteiger partial charge in [0.25, 0.3) is 0 Å². The van der Waals surface area contributed by atoms with Crippen molar-refractivity contribution in [2.75, 3.05) is 31.6 Å². The fraction of sp³-hybridized carbons (Fsp3) is 0.500. The number of aryl methyl sites for hydroxylation is 1. The van der Waals surface area contributed by atoms with Gasteiger partial charge in [0.05, 0.1) is 36.9 Å². The van der Waals surface area contributed by atoms with Crippen LogP contribution in [0, 0.1) is 0 Å². The fourth-order valence-electron chi connectivity index (χ4n) is 4.22. The maximum absolute atomic E-state index is 5.85. The van der Waals surface area contributed by atoms with Crippen LogP contribution >= 0.6 is 0 Å². The first-order valence-corrected chi connectivity index (χ1v) is 9.98. The van der Waals surface area contributed by atoms with Crippen molar-refractivity contribution >= 4 is 16.9 Å². The van der Waals surface area contributed by atoms with Crippen molar-refractivity contribution in [1.82, 2.24) is 29.6 Å². The number of nitrogens with one attached hydrogen (secondary N) is 1. The number of fused-ring (bicyclic) bond motifs is 1. The molecule has 2 aliphatic rings. The zero-order valence-corrected chi connectivity index (χ0v) is 16.1. The molecule has 5 rings (SSSR count). The predicted molar refractivity (Wildman–Crippen MR) is 107 cm³/mol. The highest BCUT2D eigenvalue weighted by molar-refractivity contribution is 5.88. The van der Waals surface area contributed by atoms with Gasteiger partial charge in [0.1, 0.15) is 5.82 Å². The lowest BCUT2D eigenvalue weighted by Crippen LogP contribution is -2.48. The summed E-state index contributed by atoms with van der Waals surface area (Å²) < 4.78 is 7.64. The molecule has 1 N–H and O–H groups in total. The lowest BCUT2D eigenvalue weighted by molar-refractivity contribution is 0.127. The van der Waals surface area contributed by atoms with E-state index in [0.717, 1.165) is 42.1 Å². The average molecular weight is 379 g/mol. The van der Waals surface area contributed by atoms with E-state index < -0.39 is 0 Å². The molecule has 0 spiro atoms. The van der Waals surface area contributed by atoms with E-state index in [0.29, 0.717) is 18.5 Å². The van der Waals surface area contributed by atoms with Crippen LogP contribution in [0.4, 0.5) is 5.82 Å². The van der Waals surface area contributed by atoms with Gasteiger partial charge in [-0.2, -0.15) is 5.10 Å². The fourth-order valence-corrected chi connectivity index (χ4v) is 4.22. The monoisotopic (exact) mass is 379 g/mol. The molecule has 0 radical (unpaired) electrons. The van der Waals surface area contributed by atoms with E-state index >= 15 is 0 Å². The zero-order chi connectivity index (χ0) is 18.9. The highest BCUT2D eigenvalue weighted by atomic mass is 16.5. The van der Waals surface area contributed by atoms with E-state index in [-0.39, 0.29) is 6.04 Å². The van der Waals surface area contributed by atoms with E-state index in [1.165, 1.54) is 19.3 Å². The lowest BCUT2D eigenvalue weighted by atomic mass is 10.0. The molecular formula is C20H25N7O. The molecule has 8 nitrogen and oxygen atoms in total. The summed E-state index contributed by atoms with van der Waals surface area (Å²) in [6.45, 7) is 3.77. The molecule has 0 amide bonds. The summed E-state index contributed by atoms with van der Waals surface area (Å²) >= 11 is 0. The average Bonchev–Trinajstić information content (AvgIpc) is 3.36. The van der Waals surface area contributed by atoms with Crippen LogP contribution in [0.1, 0.15) is 19.3 Å². The number of piperidine rings is 1. The van der Waals surface area contributed by atoms with Crippen LogP contribution in [0.3, 0.4) is 0 Å². The van der Waals surface area contributed by atoms with Crippen LogP contribution in [-0.2, 0) is 11.8 Å². The van der Waals surface area contributed by atoms with Crippen molar-refractivity contribution in [3.63, 3.8) is 0 Å². The van der Waals surface area contributed by atoms with Gasteiger partial charge in [0.2, 0.25) is 0 Å². The summed E-state index contributed by atoms with van der Waals surface area (Å²) in [5.41, 5.74) is 1.70. The molecule has 2 fully saturated rings. The Bertz CT molecular complexity index is 952. The molecule has 146 valence electrons.